The Morgan fingerprint density at radius 1 is 1.25 bits per heavy atom. The minimum atomic E-state index is -4.16. The Morgan fingerprint density at radius 3 is 2.56 bits per heavy atom. The van der Waals surface area contributed by atoms with Gasteiger partial charge in [0, 0.05) is 15.3 Å². The van der Waals surface area contributed by atoms with Crippen LogP contribution in [0.15, 0.2) is 45.5 Å². The van der Waals surface area contributed by atoms with Gasteiger partial charge in [0.1, 0.15) is 0 Å². The van der Waals surface area contributed by atoms with Gasteiger partial charge in [-0.05, 0) is 29.6 Å². The fraction of sp³-hybridized carbons (Fsp3) is 0. The smallest absolute Gasteiger partial charge is 0.282 e. The summed E-state index contributed by atoms with van der Waals surface area (Å²) in [5.74, 6) is 0. The predicted octanol–water partition coefficient (Wildman–Crippen LogP) is 2.95. The maximum Gasteiger partial charge on any atom is 0.294 e. The molecule has 1 aromatic carbocycles. The Balaban J connectivity index is 2.63. The van der Waals surface area contributed by atoms with Crippen LogP contribution < -0.4 is 0 Å². The van der Waals surface area contributed by atoms with E-state index in [0.29, 0.717) is 10.5 Å². The third-order valence-corrected chi connectivity index (χ3v) is 4.20. The number of hydrogen-bond acceptors (Lipinski definition) is 4. The average Bonchev–Trinajstić information content (AvgIpc) is 2.69. The lowest BCUT2D eigenvalue weighted by atomic mass is 10.2. The molecule has 0 aliphatic carbocycles. The molecule has 1 heterocycles. The average molecular weight is 272 g/mol. The first kappa shape index (κ1) is 11.7. The van der Waals surface area contributed by atoms with E-state index in [1.165, 1.54) is 23.5 Å². The van der Waals surface area contributed by atoms with Gasteiger partial charge in [0.25, 0.3) is 10.1 Å². The highest BCUT2D eigenvalue weighted by molar-refractivity contribution is 7.85. The van der Waals surface area contributed by atoms with Crippen molar-refractivity contribution in [2.24, 2.45) is 0 Å². The molecule has 16 heavy (non-hydrogen) atoms. The van der Waals surface area contributed by atoms with Crippen LogP contribution in [0.1, 0.15) is 0 Å². The second-order valence-corrected chi connectivity index (χ2v) is 5.98. The summed E-state index contributed by atoms with van der Waals surface area (Å²) >= 11 is 5.74. The van der Waals surface area contributed by atoms with Gasteiger partial charge >= 0.3 is 0 Å². The predicted molar refractivity (Wildman–Crippen MR) is 66.8 cm³/mol. The number of thiol groups is 1. The molecule has 6 heteroatoms. The van der Waals surface area contributed by atoms with E-state index >= 15 is 0 Å². The first-order valence-corrected chi connectivity index (χ1v) is 7.09. The normalized spacial score (nSPS) is 11.6. The number of hydrogen-bond donors (Lipinski definition) is 2. The number of rotatable bonds is 2. The number of benzene rings is 1. The molecule has 1 N–H and O–H groups in total. The first-order chi connectivity index (χ1) is 7.48. The third kappa shape index (κ3) is 2.30. The zero-order valence-electron chi connectivity index (χ0n) is 7.99. The second kappa shape index (κ2) is 4.21. The van der Waals surface area contributed by atoms with Gasteiger partial charge in [-0.3, -0.25) is 4.55 Å². The lowest BCUT2D eigenvalue weighted by Crippen LogP contribution is -1.98. The van der Waals surface area contributed by atoms with Gasteiger partial charge in [0.05, 0.1) is 4.90 Å². The van der Waals surface area contributed by atoms with Crippen molar-refractivity contribution in [3.8, 4) is 10.4 Å². The van der Waals surface area contributed by atoms with Crippen LogP contribution in [0.4, 0.5) is 0 Å². The molecular formula is C10H8O3S3. The maximum atomic E-state index is 11.0. The van der Waals surface area contributed by atoms with E-state index in [1.807, 2.05) is 17.5 Å². The lowest BCUT2D eigenvalue weighted by molar-refractivity contribution is 0.483. The molecular weight excluding hydrogens is 264 g/mol. The molecule has 0 aliphatic rings. The van der Waals surface area contributed by atoms with Gasteiger partial charge < -0.3 is 0 Å². The fourth-order valence-electron chi connectivity index (χ4n) is 1.30. The summed E-state index contributed by atoms with van der Waals surface area (Å²) in [6.45, 7) is 0. The highest BCUT2D eigenvalue weighted by atomic mass is 32.2. The van der Waals surface area contributed by atoms with E-state index in [1.54, 1.807) is 6.07 Å². The zero-order valence-corrected chi connectivity index (χ0v) is 10.5. The molecule has 0 bridgehead atoms. The van der Waals surface area contributed by atoms with Crippen molar-refractivity contribution in [1.29, 1.82) is 0 Å². The summed E-state index contributed by atoms with van der Waals surface area (Å²) in [5, 5.41) is 1.89. The van der Waals surface area contributed by atoms with Gasteiger partial charge in [0.15, 0.2) is 0 Å². The monoisotopic (exact) mass is 272 g/mol. The van der Waals surface area contributed by atoms with Crippen LogP contribution in [-0.4, -0.2) is 13.0 Å². The molecule has 3 nitrogen and oxygen atoms in total. The van der Waals surface area contributed by atoms with Gasteiger partial charge in [-0.25, -0.2) is 0 Å². The highest BCUT2D eigenvalue weighted by Crippen LogP contribution is 2.32. The summed E-state index contributed by atoms with van der Waals surface area (Å²) < 4.78 is 31.0. The molecule has 2 aromatic rings. The van der Waals surface area contributed by atoms with Crippen molar-refractivity contribution in [2.45, 2.75) is 9.79 Å². The van der Waals surface area contributed by atoms with Crippen molar-refractivity contribution >= 4 is 34.1 Å². The Kier molecular flexibility index (Phi) is 3.07. The quantitative estimate of drug-likeness (QED) is 0.653. The van der Waals surface area contributed by atoms with Crippen molar-refractivity contribution in [3.63, 3.8) is 0 Å². The van der Waals surface area contributed by atoms with Crippen LogP contribution in [0.2, 0.25) is 0 Å². The second-order valence-electron chi connectivity index (χ2n) is 3.13. The van der Waals surface area contributed by atoms with Crippen molar-refractivity contribution in [2.75, 3.05) is 0 Å². The molecule has 0 unspecified atom stereocenters. The molecule has 0 saturated heterocycles. The first-order valence-electron chi connectivity index (χ1n) is 4.33. The van der Waals surface area contributed by atoms with Crippen LogP contribution >= 0.6 is 24.0 Å². The molecule has 84 valence electrons. The largest absolute Gasteiger partial charge is 0.294 e. The van der Waals surface area contributed by atoms with Crippen LogP contribution in [0.25, 0.3) is 10.4 Å². The van der Waals surface area contributed by atoms with Crippen molar-refractivity contribution < 1.29 is 13.0 Å². The van der Waals surface area contributed by atoms with Crippen molar-refractivity contribution in [1.82, 2.24) is 0 Å². The molecule has 0 spiro atoms. The number of thiophene rings is 1. The molecule has 0 saturated carbocycles. The zero-order chi connectivity index (χ0) is 11.8. The topological polar surface area (TPSA) is 54.4 Å². The Morgan fingerprint density at radius 2 is 2.00 bits per heavy atom. The summed E-state index contributed by atoms with van der Waals surface area (Å²) in [4.78, 5) is 1.47. The Hall–Kier alpha value is -0.820. The third-order valence-electron chi connectivity index (χ3n) is 2.05. The highest BCUT2D eigenvalue weighted by Gasteiger charge is 2.12. The van der Waals surface area contributed by atoms with E-state index < -0.39 is 10.1 Å². The molecule has 0 atom stereocenters. The van der Waals surface area contributed by atoms with Crippen LogP contribution in [0.5, 0.6) is 0 Å². The Bertz CT molecular complexity index is 600. The van der Waals surface area contributed by atoms with E-state index in [2.05, 4.69) is 12.6 Å². The fourth-order valence-corrected chi connectivity index (χ4v) is 2.90. The summed E-state index contributed by atoms with van der Waals surface area (Å²) in [6, 6.07) is 8.04. The summed E-state index contributed by atoms with van der Waals surface area (Å²) in [7, 11) is -4.16. The van der Waals surface area contributed by atoms with E-state index in [9.17, 15) is 8.42 Å². The maximum absolute atomic E-state index is 11.0. The van der Waals surface area contributed by atoms with Gasteiger partial charge in [-0.1, -0.05) is 6.07 Å². The van der Waals surface area contributed by atoms with E-state index in [-0.39, 0.29) is 4.90 Å². The van der Waals surface area contributed by atoms with Crippen LogP contribution in [-0.2, 0) is 10.1 Å². The van der Waals surface area contributed by atoms with Crippen LogP contribution in [0, 0.1) is 0 Å². The van der Waals surface area contributed by atoms with Gasteiger partial charge in [-0.2, -0.15) is 8.42 Å². The molecule has 2 rings (SSSR count). The minimum absolute atomic E-state index is 0.117. The molecule has 0 radical (unpaired) electrons. The summed E-state index contributed by atoms with van der Waals surface area (Å²) in [6.07, 6.45) is 0. The standard InChI is InChI=1S/C10H8O3S3/c11-16(12,13)7-3-4-9(14)8(6-7)10-2-1-5-15-10/h1-6,14H,(H,11,12,13). The van der Waals surface area contributed by atoms with Gasteiger partial charge in [0.2, 0.25) is 0 Å². The summed E-state index contributed by atoms with van der Waals surface area (Å²) in [5.41, 5.74) is 0.702. The van der Waals surface area contributed by atoms with E-state index in [4.69, 9.17) is 4.55 Å². The molecule has 0 fully saturated rings. The molecule has 0 amide bonds. The van der Waals surface area contributed by atoms with Crippen molar-refractivity contribution in [3.05, 3.63) is 35.7 Å². The lowest BCUT2D eigenvalue weighted by Gasteiger charge is -2.04. The SMILES string of the molecule is O=S(=O)(O)c1ccc(S)c(-c2cccs2)c1. The minimum Gasteiger partial charge on any atom is -0.282 e. The van der Waals surface area contributed by atoms with E-state index in [0.717, 1.165) is 4.88 Å². The van der Waals surface area contributed by atoms with Gasteiger partial charge in [-0.15, -0.1) is 24.0 Å². The molecule has 0 aliphatic heterocycles. The molecule has 1 aromatic heterocycles. The van der Waals surface area contributed by atoms with Crippen LogP contribution in [0.3, 0.4) is 0 Å². The Labute approximate surface area is 103 Å².